The van der Waals surface area contributed by atoms with Crippen LogP contribution in [0.15, 0.2) is 11.1 Å². The summed E-state index contributed by atoms with van der Waals surface area (Å²) in [5, 5.41) is 0. The molecule has 27 heavy (non-hydrogen) atoms. The van der Waals surface area contributed by atoms with Crippen LogP contribution in [0, 0.1) is 0 Å². The largest absolute Gasteiger partial charge is 0.540 e. The van der Waals surface area contributed by atoms with Crippen LogP contribution in [0.1, 0.15) is 20.8 Å². The molecular formula is C14H21N5O7P+. The maximum absolute atomic E-state index is 11.7. The molecule has 0 bridgehead atoms. The lowest BCUT2D eigenvalue weighted by Crippen LogP contribution is -2.18. The second kappa shape index (κ2) is 9.40. The van der Waals surface area contributed by atoms with Crippen LogP contribution in [0.3, 0.4) is 0 Å². The molecule has 0 saturated carbocycles. The predicted octanol–water partition coefficient (Wildman–Crippen LogP) is 1.34. The van der Waals surface area contributed by atoms with Crippen molar-refractivity contribution in [1.82, 2.24) is 19.5 Å². The topological polar surface area (TPSA) is 161 Å². The minimum Gasteiger partial charge on any atom is -0.432 e. The molecule has 2 rings (SSSR count). The molecule has 0 amide bonds. The quantitative estimate of drug-likeness (QED) is 0.356. The molecule has 12 nitrogen and oxygen atoms in total. The Morgan fingerprint density at radius 3 is 2.85 bits per heavy atom. The number of nitrogens with one attached hydrogen (secondary N) is 1. The molecule has 0 saturated heterocycles. The monoisotopic (exact) mass is 402 g/mol. The molecule has 2 aromatic rings. The zero-order valence-corrected chi connectivity index (χ0v) is 16.0. The molecule has 13 heteroatoms. The number of rotatable bonds is 9. The Bertz CT molecular complexity index is 865. The third kappa shape index (κ3) is 6.27. The molecule has 2 unspecified atom stereocenters. The van der Waals surface area contributed by atoms with Crippen LogP contribution in [-0.2, 0) is 29.8 Å². The van der Waals surface area contributed by atoms with Crippen LogP contribution >= 0.6 is 8.03 Å². The van der Waals surface area contributed by atoms with Crippen molar-refractivity contribution in [2.45, 2.75) is 39.5 Å². The Kier molecular flexibility index (Phi) is 7.22. The number of nitrogens with two attached hydrogens (primary N) is 1. The fraction of sp³-hybridized carbons (Fsp3) is 0.571. The summed E-state index contributed by atoms with van der Waals surface area (Å²) < 4.78 is 32.9. The van der Waals surface area contributed by atoms with Crippen molar-refractivity contribution in [2.24, 2.45) is 0 Å². The van der Waals surface area contributed by atoms with Crippen molar-refractivity contribution in [3.8, 4) is 0 Å². The summed E-state index contributed by atoms with van der Waals surface area (Å²) >= 11 is 0. The van der Waals surface area contributed by atoms with Gasteiger partial charge in [0.2, 0.25) is 12.7 Å². The third-order valence-corrected chi connectivity index (χ3v) is 3.87. The first-order valence-electron chi connectivity index (χ1n) is 7.99. The first kappa shape index (κ1) is 20.7. The van der Waals surface area contributed by atoms with Crippen molar-refractivity contribution in [3.63, 3.8) is 0 Å². The fourth-order valence-electron chi connectivity index (χ4n) is 2.02. The number of H-pyrrole nitrogens is 1. The van der Waals surface area contributed by atoms with Crippen LogP contribution < -0.4 is 11.3 Å². The number of hydrogen-bond donors (Lipinski definition) is 2. The minimum atomic E-state index is -2.19. The molecule has 148 valence electrons. The molecule has 0 fully saturated rings. The van der Waals surface area contributed by atoms with Gasteiger partial charge in [-0.05, 0) is 25.3 Å². The Labute approximate surface area is 154 Å². The first-order valence-corrected chi connectivity index (χ1v) is 9.35. The number of aromatic amines is 1. The number of carbonyl (C=O) groups is 1. The highest BCUT2D eigenvalue weighted by atomic mass is 31.1. The number of fused-ring (bicyclic) bond motifs is 1. The highest BCUT2D eigenvalue weighted by Gasteiger charge is 2.22. The van der Waals surface area contributed by atoms with Crippen molar-refractivity contribution < 1.29 is 28.1 Å². The van der Waals surface area contributed by atoms with Gasteiger partial charge in [0.1, 0.15) is 0 Å². The predicted molar refractivity (Wildman–Crippen MR) is 94.2 cm³/mol. The van der Waals surface area contributed by atoms with E-state index in [-0.39, 0.29) is 30.0 Å². The van der Waals surface area contributed by atoms with E-state index in [0.717, 1.165) is 0 Å². The summed E-state index contributed by atoms with van der Waals surface area (Å²) in [6.45, 7) is 4.87. The number of nitrogen functional groups attached to an aromatic ring is 1. The van der Waals surface area contributed by atoms with E-state index in [0.29, 0.717) is 12.2 Å². The summed E-state index contributed by atoms with van der Waals surface area (Å²) in [7, 11) is -2.19. The SMILES string of the molecule is CC(C)OC(=O)OCO[P+](=O)COC(C)Cn1cnc2c(=O)[nH]c(N)nc21. The Morgan fingerprint density at radius 2 is 2.15 bits per heavy atom. The number of ether oxygens (including phenoxy) is 3. The molecule has 2 heterocycles. The molecule has 0 aliphatic rings. The summed E-state index contributed by atoms with van der Waals surface area (Å²) in [5.74, 6) is -0.0182. The van der Waals surface area contributed by atoms with Gasteiger partial charge in [-0.3, -0.25) is 9.78 Å². The lowest BCUT2D eigenvalue weighted by atomic mass is 10.4. The Balaban J connectivity index is 1.78. The lowest BCUT2D eigenvalue weighted by Gasteiger charge is -2.10. The van der Waals surface area contributed by atoms with Crippen molar-refractivity contribution in [1.29, 1.82) is 0 Å². The number of carbonyl (C=O) groups excluding carboxylic acids is 1. The molecule has 2 aromatic heterocycles. The molecule has 2 atom stereocenters. The van der Waals surface area contributed by atoms with Gasteiger partial charge in [-0.1, -0.05) is 0 Å². The van der Waals surface area contributed by atoms with E-state index in [9.17, 15) is 14.2 Å². The standard InChI is InChI=1S/C14H20N5O7P/c1-8(2)26-14(21)23-6-25-27(22)7-24-9(3)4-19-5-16-10-11(19)17-13(15)18-12(10)20/h5,8-9H,4,6-7H2,1-3H3,(H2-,15,17,18,20)/p+1. The van der Waals surface area contributed by atoms with Crippen LogP contribution in [0.25, 0.3) is 11.2 Å². The molecule has 0 aliphatic carbocycles. The molecule has 0 radical (unpaired) electrons. The van der Waals surface area contributed by atoms with Crippen molar-refractivity contribution >= 4 is 31.3 Å². The van der Waals surface area contributed by atoms with Gasteiger partial charge in [0.15, 0.2) is 11.2 Å². The fourth-order valence-corrected chi connectivity index (χ4v) is 2.64. The zero-order chi connectivity index (χ0) is 20.0. The zero-order valence-electron chi connectivity index (χ0n) is 15.1. The van der Waals surface area contributed by atoms with Crippen LogP contribution in [0.2, 0.25) is 0 Å². The van der Waals surface area contributed by atoms with Crippen LogP contribution in [0.4, 0.5) is 10.7 Å². The van der Waals surface area contributed by atoms with Gasteiger partial charge in [0, 0.05) is 0 Å². The third-order valence-electron chi connectivity index (χ3n) is 3.12. The van der Waals surface area contributed by atoms with Gasteiger partial charge < -0.3 is 24.5 Å². The van der Waals surface area contributed by atoms with Gasteiger partial charge in [-0.15, -0.1) is 4.52 Å². The van der Waals surface area contributed by atoms with Crippen molar-refractivity contribution in [2.75, 3.05) is 18.9 Å². The Hall–Kier alpha value is -2.56. The van der Waals surface area contributed by atoms with Gasteiger partial charge in [-0.25, -0.2) is 9.78 Å². The van der Waals surface area contributed by atoms with Gasteiger partial charge in [0.05, 0.1) is 25.1 Å². The normalized spacial score (nSPS) is 13.0. The number of anilines is 1. The molecule has 3 N–H and O–H groups in total. The number of hydrogen-bond acceptors (Lipinski definition) is 10. The number of nitrogens with zero attached hydrogens (tertiary/aromatic N) is 3. The van der Waals surface area contributed by atoms with E-state index >= 15 is 0 Å². The maximum Gasteiger partial charge on any atom is 0.540 e. The van der Waals surface area contributed by atoms with E-state index in [1.54, 1.807) is 25.3 Å². The van der Waals surface area contributed by atoms with E-state index in [2.05, 4.69) is 19.7 Å². The average molecular weight is 402 g/mol. The number of aromatic nitrogens is 4. The summed E-state index contributed by atoms with van der Waals surface area (Å²) in [6, 6.07) is 0. The second-order valence-corrected chi connectivity index (χ2v) is 6.95. The highest BCUT2D eigenvalue weighted by molar-refractivity contribution is 7.38. The molecule has 0 aliphatic heterocycles. The summed E-state index contributed by atoms with van der Waals surface area (Å²) in [4.78, 5) is 33.3. The molecule has 0 spiro atoms. The average Bonchev–Trinajstić information content (AvgIpc) is 2.95. The van der Waals surface area contributed by atoms with E-state index in [4.69, 9.17) is 19.7 Å². The smallest absolute Gasteiger partial charge is 0.432 e. The minimum absolute atomic E-state index is 0.0182. The van der Waals surface area contributed by atoms with E-state index in [1.807, 2.05) is 0 Å². The van der Waals surface area contributed by atoms with E-state index in [1.165, 1.54) is 6.33 Å². The first-order chi connectivity index (χ1) is 12.8. The van der Waals surface area contributed by atoms with Crippen molar-refractivity contribution in [3.05, 3.63) is 16.7 Å². The second-order valence-electron chi connectivity index (χ2n) is 5.77. The molecule has 0 aromatic carbocycles. The lowest BCUT2D eigenvalue weighted by molar-refractivity contribution is -0.00819. The van der Waals surface area contributed by atoms with Gasteiger partial charge >= 0.3 is 14.2 Å². The molecular weight excluding hydrogens is 381 g/mol. The van der Waals surface area contributed by atoms with Gasteiger partial charge in [-0.2, -0.15) is 4.98 Å². The Morgan fingerprint density at radius 1 is 1.41 bits per heavy atom. The summed E-state index contributed by atoms with van der Waals surface area (Å²) in [5.41, 5.74) is 5.59. The summed E-state index contributed by atoms with van der Waals surface area (Å²) in [6.07, 6.45) is -0.385. The number of imidazole rings is 1. The van der Waals surface area contributed by atoms with E-state index < -0.39 is 26.5 Å². The van der Waals surface area contributed by atoms with Crippen LogP contribution in [0.5, 0.6) is 0 Å². The highest BCUT2D eigenvalue weighted by Crippen LogP contribution is 2.23. The maximum atomic E-state index is 11.7. The van der Waals surface area contributed by atoms with Gasteiger partial charge in [0.25, 0.3) is 11.9 Å². The van der Waals surface area contributed by atoms with Crippen LogP contribution in [-0.4, -0.2) is 51.0 Å².